The molecule has 0 atom stereocenters. The van der Waals surface area contributed by atoms with E-state index < -0.39 is 11.7 Å². The lowest BCUT2D eigenvalue weighted by atomic mass is 10.1. The zero-order valence-electron chi connectivity index (χ0n) is 16.5. The summed E-state index contributed by atoms with van der Waals surface area (Å²) in [4.78, 5) is 20.7. The Labute approximate surface area is 171 Å². The Morgan fingerprint density at radius 1 is 1.07 bits per heavy atom. The molecule has 0 unspecified atom stereocenters. The number of aromatic nitrogens is 2. The van der Waals surface area contributed by atoms with E-state index in [-0.39, 0.29) is 24.2 Å². The molecule has 1 N–H and O–H groups in total. The van der Waals surface area contributed by atoms with Crippen LogP contribution in [0.1, 0.15) is 23.7 Å². The monoisotopic (exact) mass is 415 g/mol. The average molecular weight is 415 g/mol. The van der Waals surface area contributed by atoms with Crippen molar-refractivity contribution in [3.63, 3.8) is 0 Å². The smallest absolute Gasteiger partial charge is 0.416 e. The summed E-state index contributed by atoms with van der Waals surface area (Å²) < 4.78 is 43.7. The molecule has 2 aromatic carbocycles. The van der Waals surface area contributed by atoms with Gasteiger partial charge in [0.25, 0.3) is 5.91 Å². The lowest BCUT2D eigenvalue weighted by molar-refractivity contribution is -0.137. The molecule has 1 aromatic heterocycles. The number of halogens is 3. The minimum absolute atomic E-state index is 0.163. The van der Waals surface area contributed by atoms with Crippen molar-refractivity contribution in [1.29, 1.82) is 0 Å². The Kier molecular flexibility index (Phi) is 6.34. The minimum Gasteiger partial charge on any atom is -0.467 e. The molecule has 3 aromatic rings. The number of nitrogens with zero attached hydrogens (tertiary/aromatic N) is 2. The number of carbonyl (C=O) groups is 1. The summed E-state index contributed by atoms with van der Waals surface area (Å²) in [6, 6.07) is 13.6. The molecule has 0 saturated carbocycles. The normalized spacial score (nSPS) is 11.2. The SMILES string of the molecule is CCc1ccccc1NC(=O)COc1cc(C)nc(-c2ccc(C(F)(F)F)cc2)n1. The first-order chi connectivity index (χ1) is 14.3. The van der Waals surface area contributed by atoms with Gasteiger partial charge in [0.05, 0.1) is 5.56 Å². The van der Waals surface area contributed by atoms with Gasteiger partial charge in [0.15, 0.2) is 12.4 Å². The number of amides is 1. The molecule has 0 fully saturated rings. The molecule has 0 spiro atoms. The molecule has 1 heterocycles. The quantitative estimate of drug-likeness (QED) is 0.612. The number of anilines is 1. The maximum atomic E-state index is 12.7. The van der Waals surface area contributed by atoms with Gasteiger partial charge in [0.2, 0.25) is 5.88 Å². The van der Waals surface area contributed by atoms with Crippen molar-refractivity contribution in [2.24, 2.45) is 0 Å². The van der Waals surface area contributed by atoms with E-state index in [1.807, 2.05) is 31.2 Å². The topological polar surface area (TPSA) is 64.1 Å². The van der Waals surface area contributed by atoms with E-state index in [4.69, 9.17) is 4.74 Å². The second-order valence-corrected chi connectivity index (χ2v) is 6.59. The Morgan fingerprint density at radius 3 is 2.43 bits per heavy atom. The van der Waals surface area contributed by atoms with Crippen LogP contribution in [0.25, 0.3) is 11.4 Å². The summed E-state index contributed by atoms with van der Waals surface area (Å²) in [5.74, 6) is 0.0371. The first-order valence-corrected chi connectivity index (χ1v) is 9.30. The first kappa shape index (κ1) is 21.3. The zero-order chi connectivity index (χ0) is 21.7. The highest BCUT2D eigenvalue weighted by Gasteiger charge is 2.30. The molecule has 0 bridgehead atoms. The molecule has 0 aliphatic rings. The van der Waals surface area contributed by atoms with Crippen LogP contribution in [-0.2, 0) is 17.4 Å². The molecular formula is C22H20F3N3O2. The maximum Gasteiger partial charge on any atom is 0.416 e. The van der Waals surface area contributed by atoms with Gasteiger partial charge in [0, 0.05) is 23.0 Å². The summed E-state index contributed by atoms with van der Waals surface area (Å²) in [6.45, 7) is 3.44. The van der Waals surface area contributed by atoms with Crippen molar-refractivity contribution in [1.82, 2.24) is 9.97 Å². The van der Waals surface area contributed by atoms with Gasteiger partial charge in [-0.05, 0) is 37.1 Å². The van der Waals surface area contributed by atoms with Crippen LogP contribution in [0.4, 0.5) is 18.9 Å². The molecule has 0 aliphatic carbocycles. The molecule has 5 nitrogen and oxygen atoms in total. The number of hydrogen-bond donors (Lipinski definition) is 1. The number of nitrogens with one attached hydrogen (secondary N) is 1. The van der Waals surface area contributed by atoms with E-state index in [2.05, 4.69) is 15.3 Å². The molecule has 0 aliphatic heterocycles. The number of aryl methyl sites for hydroxylation is 2. The third-order valence-electron chi connectivity index (χ3n) is 4.32. The predicted octanol–water partition coefficient (Wildman–Crippen LogP) is 5.05. The highest BCUT2D eigenvalue weighted by Crippen LogP contribution is 2.30. The van der Waals surface area contributed by atoms with Gasteiger partial charge in [0.1, 0.15) is 0 Å². The van der Waals surface area contributed by atoms with E-state index in [9.17, 15) is 18.0 Å². The number of carbonyl (C=O) groups excluding carboxylic acids is 1. The molecule has 156 valence electrons. The summed E-state index contributed by atoms with van der Waals surface area (Å²) >= 11 is 0. The van der Waals surface area contributed by atoms with Crippen molar-refractivity contribution in [2.75, 3.05) is 11.9 Å². The van der Waals surface area contributed by atoms with Crippen molar-refractivity contribution < 1.29 is 22.7 Å². The van der Waals surface area contributed by atoms with Gasteiger partial charge in [-0.15, -0.1) is 0 Å². The van der Waals surface area contributed by atoms with Gasteiger partial charge < -0.3 is 10.1 Å². The van der Waals surface area contributed by atoms with E-state index in [1.165, 1.54) is 12.1 Å². The largest absolute Gasteiger partial charge is 0.467 e. The Balaban J connectivity index is 1.70. The van der Waals surface area contributed by atoms with Crippen LogP contribution in [0.2, 0.25) is 0 Å². The van der Waals surface area contributed by atoms with Crippen LogP contribution < -0.4 is 10.1 Å². The van der Waals surface area contributed by atoms with Crippen LogP contribution in [-0.4, -0.2) is 22.5 Å². The number of hydrogen-bond acceptors (Lipinski definition) is 4. The van der Waals surface area contributed by atoms with Gasteiger partial charge in [-0.2, -0.15) is 18.2 Å². The lowest BCUT2D eigenvalue weighted by Gasteiger charge is -2.11. The summed E-state index contributed by atoms with van der Waals surface area (Å²) in [6.07, 6.45) is -3.64. The van der Waals surface area contributed by atoms with E-state index in [1.54, 1.807) is 13.0 Å². The highest BCUT2D eigenvalue weighted by atomic mass is 19.4. The second kappa shape index (κ2) is 8.94. The van der Waals surface area contributed by atoms with Gasteiger partial charge in [-0.25, -0.2) is 4.98 Å². The molecule has 30 heavy (non-hydrogen) atoms. The Hall–Kier alpha value is -3.42. The summed E-state index contributed by atoms with van der Waals surface area (Å²) in [5, 5.41) is 2.80. The zero-order valence-corrected chi connectivity index (χ0v) is 16.5. The number of alkyl halides is 3. The fraction of sp³-hybridized carbons (Fsp3) is 0.227. The van der Waals surface area contributed by atoms with Crippen molar-refractivity contribution in [3.05, 3.63) is 71.4 Å². The van der Waals surface area contributed by atoms with Crippen molar-refractivity contribution in [3.8, 4) is 17.3 Å². The summed E-state index contributed by atoms with van der Waals surface area (Å²) in [7, 11) is 0. The van der Waals surface area contributed by atoms with E-state index in [0.29, 0.717) is 11.3 Å². The lowest BCUT2D eigenvalue weighted by Crippen LogP contribution is -2.21. The summed E-state index contributed by atoms with van der Waals surface area (Å²) in [5.41, 5.74) is 1.95. The van der Waals surface area contributed by atoms with Crippen molar-refractivity contribution >= 4 is 11.6 Å². The molecule has 3 rings (SSSR count). The fourth-order valence-corrected chi connectivity index (χ4v) is 2.83. The molecule has 0 radical (unpaired) electrons. The first-order valence-electron chi connectivity index (χ1n) is 9.30. The van der Waals surface area contributed by atoms with Gasteiger partial charge in [-0.3, -0.25) is 4.79 Å². The number of rotatable bonds is 6. The second-order valence-electron chi connectivity index (χ2n) is 6.59. The number of ether oxygens (including phenoxy) is 1. The van der Waals surface area contributed by atoms with E-state index >= 15 is 0 Å². The number of benzene rings is 2. The Bertz CT molecular complexity index is 1030. The Morgan fingerprint density at radius 2 is 1.77 bits per heavy atom. The molecule has 0 saturated heterocycles. The van der Waals surface area contributed by atoms with Gasteiger partial charge >= 0.3 is 6.18 Å². The number of para-hydroxylation sites is 1. The predicted molar refractivity (Wildman–Crippen MR) is 107 cm³/mol. The van der Waals surface area contributed by atoms with Crippen LogP contribution in [0.3, 0.4) is 0 Å². The standard InChI is InChI=1S/C22H20F3N3O2/c1-3-15-6-4-5-7-18(15)27-19(29)13-30-20-12-14(2)26-21(28-20)16-8-10-17(11-9-16)22(23,24)25/h4-12H,3,13H2,1-2H3,(H,27,29). The fourth-order valence-electron chi connectivity index (χ4n) is 2.83. The molecular weight excluding hydrogens is 395 g/mol. The maximum absolute atomic E-state index is 12.7. The van der Waals surface area contributed by atoms with Crippen molar-refractivity contribution in [2.45, 2.75) is 26.4 Å². The van der Waals surface area contributed by atoms with Crippen LogP contribution in [0.15, 0.2) is 54.6 Å². The van der Waals surface area contributed by atoms with E-state index in [0.717, 1.165) is 29.8 Å². The van der Waals surface area contributed by atoms with Crippen LogP contribution >= 0.6 is 0 Å². The van der Waals surface area contributed by atoms with Crippen LogP contribution in [0, 0.1) is 6.92 Å². The van der Waals surface area contributed by atoms with Crippen LogP contribution in [0.5, 0.6) is 5.88 Å². The van der Waals surface area contributed by atoms with Gasteiger partial charge in [-0.1, -0.05) is 37.3 Å². The minimum atomic E-state index is -4.41. The average Bonchev–Trinajstić information content (AvgIpc) is 2.72. The molecule has 1 amide bonds. The third-order valence-corrected chi connectivity index (χ3v) is 4.32. The molecule has 8 heteroatoms. The third kappa shape index (κ3) is 5.34. The highest BCUT2D eigenvalue weighted by molar-refractivity contribution is 5.92.